The molecule has 1 amide bonds. The molecule has 2 aromatic heterocycles. The monoisotopic (exact) mass is 345 g/mol. The van der Waals surface area contributed by atoms with Gasteiger partial charge in [0.25, 0.3) is 0 Å². The Kier molecular flexibility index (Phi) is 4.29. The molecule has 2 aliphatic rings. The molecule has 0 spiro atoms. The Morgan fingerprint density at radius 3 is 2.84 bits per heavy atom. The number of nitrogens with one attached hydrogen (secondary N) is 1. The number of carbonyl (C=O) groups is 1. The molecule has 2 aromatic rings. The molecule has 1 aliphatic carbocycles. The third-order valence-corrected chi connectivity index (χ3v) is 5.00. The number of amides is 1. The second kappa shape index (κ2) is 6.59. The van der Waals surface area contributed by atoms with E-state index in [1.165, 1.54) is 0 Å². The largest absolute Gasteiger partial charge is 0.339 e. The molecule has 2 fully saturated rings. The molecular weight excluding hydrogens is 322 g/mol. The van der Waals surface area contributed by atoms with Gasteiger partial charge in [-0.05, 0) is 46.1 Å². The van der Waals surface area contributed by atoms with Crippen LogP contribution in [-0.4, -0.2) is 45.2 Å². The number of aryl methyl sites for hydroxylation is 1. The minimum Gasteiger partial charge on any atom is -0.339 e. The highest BCUT2D eigenvalue weighted by molar-refractivity contribution is 5.93. The summed E-state index contributed by atoms with van der Waals surface area (Å²) in [6, 6.07) is 1.45. The maximum atomic E-state index is 12.5. The minimum absolute atomic E-state index is 0.0939. The average Bonchev–Trinajstić information content (AvgIpc) is 3.21. The molecule has 2 atom stereocenters. The number of nitrogens with zero attached hydrogens (tertiary/aromatic N) is 4. The van der Waals surface area contributed by atoms with Gasteiger partial charge in [-0.25, -0.2) is 0 Å². The van der Waals surface area contributed by atoms with E-state index in [0.29, 0.717) is 11.8 Å². The summed E-state index contributed by atoms with van der Waals surface area (Å²) in [5, 5.41) is 10.7. The van der Waals surface area contributed by atoms with E-state index in [-0.39, 0.29) is 17.9 Å². The van der Waals surface area contributed by atoms with Crippen LogP contribution in [0.3, 0.4) is 0 Å². The van der Waals surface area contributed by atoms with Gasteiger partial charge < -0.3 is 9.05 Å². The van der Waals surface area contributed by atoms with Crippen LogP contribution in [0.25, 0.3) is 0 Å². The summed E-state index contributed by atoms with van der Waals surface area (Å²) < 4.78 is 10.4. The summed E-state index contributed by atoms with van der Waals surface area (Å²) in [6.45, 7) is 5.37. The van der Waals surface area contributed by atoms with Crippen molar-refractivity contribution in [2.75, 3.05) is 18.4 Å². The highest BCUT2D eigenvalue weighted by Crippen LogP contribution is 2.39. The molecule has 0 aromatic carbocycles. The zero-order valence-electron chi connectivity index (χ0n) is 14.6. The van der Waals surface area contributed by atoms with E-state index in [1.807, 2.05) is 13.8 Å². The first-order valence-corrected chi connectivity index (χ1v) is 8.92. The van der Waals surface area contributed by atoms with E-state index in [1.54, 1.807) is 6.07 Å². The zero-order chi connectivity index (χ0) is 17.4. The predicted octanol–water partition coefficient (Wildman–Crippen LogP) is 2.45. The molecule has 134 valence electrons. The average molecular weight is 345 g/mol. The lowest BCUT2D eigenvalue weighted by molar-refractivity contribution is -0.121. The third kappa shape index (κ3) is 3.58. The molecule has 8 nitrogen and oxygen atoms in total. The fourth-order valence-corrected chi connectivity index (χ4v) is 3.29. The number of aromatic nitrogens is 3. The van der Waals surface area contributed by atoms with Gasteiger partial charge in [0.15, 0.2) is 5.82 Å². The van der Waals surface area contributed by atoms with Crippen molar-refractivity contribution in [1.29, 1.82) is 0 Å². The summed E-state index contributed by atoms with van der Waals surface area (Å²) in [6.07, 6.45) is 4.33. The zero-order valence-corrected chi connectivity index (χ0v) is 14.6. The van der Waals surface area contributed by atoms with Crippen molar-refractivity contribution in [3.05, 3.63) is 23.5 Å². The standard InChI is InChI=1S/C17H23N5O3/c1-10-8-14(24-20-10)18-16(23)11(2)22-7-3-4-13(9-22)15-19-17(25-21-15)12-5-6-12/h8,11-13H,3-7,9H2,1-2H3,(H,18,23)/t11-,13+/m1/s1. The molecule has 0 unspecified atom stereocenters. The van der Waals surface area contributed by atoms with Crippen molar-refractivity contribution in [3.63, 3.8) is 0 Å². The van der Waals surface area contributed by atoms with Gasteiger partial charge in [0.2, 0.25) is 17.7 Å². The van der Waals surface area contributed by atoms with Crippen LogP contribution < -0.4 is 5.32 Å². The van der Waals surface area contributed by atoms with Crippen molar-refractivity contribution in [1.82, 2.24) is 20.2 Å². The molecule has 0 bridgehead atoms. The van der Waals surface area contributed by atoms with Crippen LogP contribution in [0, 0.1) is 6.92 Å². The van der Waals surface area contributed by atoms with Crippen LogP contribution in [0.5, 0.6) is 0 Å². The van der Waals surface area contributed by atoms with Crippen molar-refractivity contribution in [2.45, 2.75) is 57.4 Å². The van der Waals surface area contributed by atoms with E-state index >= 15 is 0 Å². The Hall–Kier alpha value is -2.22. The maximum Gasteiger partial charge on any atom is 0.243 e. The molecule has 1 N–H and O–H groups in total. The lowest BCUT2D eigenvalue weighted by Crippen LogP contribution is -2.46. The number of hydrogen-bond donors (Lipinski definition) is 1. The SMILES string of the molecule is Cc1cc(NC(=O)[C@@H](C)N2CCC[C@H](c3noc(C4CC4)n3)C2)on1. The van der Waals surface area contributed by atoms with Crippen molar-refractivity contribution in [2.24, 2.45) is 0 Å². The van der Waals surface area contributed by atoms with Crippen molar-refractivity contribution in [3.8, 4) is 0 Å². The molecular formula is C17H23N5O3. The van der Waals surface area contributed by atoms with Crippen LogP contribution >= 0.6 is 0 Å². The number of rotatable bonds is 5. The third-order valence-electron chi connectivity index (χ3n) is 5.00. The van der Waals surface area contributed by atoms with E-state index in [9.17, 15) is 4.79 Å². The van der Waals surface area contributed by atoms with Crippen LogP contribution in [0.1, 0.15) is 61.9 Å². The molecule has 0 radical (unpaired) electrons. The maximum absolute atomic E-state index is 12.5. The van der Waals surface area contributed by atoms with Crippen LogP contribution in [0.15, 0.2) is 15.1 Å². The first-order chi connectivity index (χ1) is 12.1. The molecule has 1 aliphatic heterocycles. The minimum atomic E-state index is -0.261. The summed E-state index contributed by atoms with van der Waals surface area (Å²) in [5.74, 6) is 2.53. The molecule has 1 saturated carbocycles. The van der Waals surface area contributed by atoms with Crippen molar-refractivity contribution >= 4 is 11.8 Å². The number of anilines is 1. The van der Waals surface area contributed by atoms with E-state index in [4.69, 9.17) is 9.05 Å². The summed E-state index contributed by atoms with van der Waals surface area (Å²) >= 11 is 0. The normalized spacial score (nSPS) is 22.7. The van der Waals surface area contributed by atoms with E-state index in [2.05, 4.69) is 25.5 Å². The molecule has 4 rings (SSSR count). The number of carbonyl (C=O) groups excluding carboxylic acids is 1. The topological polar surface area (TPSA) is 97.3 Å². The Morgan fingerprint density at radius 2 is 2.12 bits per heavy atom. The quantitative estimate of drug-likeness (QED) is 0.889. The first-order valence-electron chi connectivity index (χ1n) is 8.92. The van der Waals surface area contributed by atoms with Gasteiger partial charge in [-0.3, -0.25) is 15.0 Å². The summed E-state index contributed by atoms with van der Waals surface area (Å²) in [4.78, 5) is 19.2. The van der Waals surface area contributed by atoms with Gasteiger partial charge in [0.1, 0.15) is 0 Å². The van der Waals surface area contributed by atoms with Crippen molar-refractivity contribution < 1.29 is 13.8 Å². The lowest BCUT2D eigenvalue weighted by Gasteiger charge is -2.34. The van der Waals surface area contributed by atoms with E-state index < -0.39 is 0 Å². The second-order valence-corrected chi connectivity index (χ2v) is 7.10. The van der Waals surface area contributed by atoms with Gasteiger partial charge in [-0.15, -0.1) is 0 Å². The van der Waals surface area contributed by atoms with Gasteiger partial charge in [-0.1, -0.05) is 10.3 Å². The van der Waals surface area contributed by atoms with Gasteiger partial charge >= 0.3 is 0 Å². The highest BCUT2D eigenvalue weighted by Gasteiger charge is 2.33. The Labute approximate surface area is 145 Å². The molecule has 1 saturated heterocycles. The highest BCUT2D eigenvalue weighted by atomic mass is 16.5. The van der Waals surface area contributed by atoms with E-state index in [0.717, 1.165) is 56.2 Å². The Morgan fingerprint density at radius 1 is 1.28 bits per heavy atom. The Balaban J connectivity index is 1.38. The first kappa shape index (κ1) is 16.3. The molecule has 8 heteroatoms. The summed E-state index contributed by atoms with van der Waals surface area (Å²) in [5.41, 5.74) is 0.740. The molecule has 25 heavy (non-hydrogen) atoms. The molecule has 3 heterocycles. The van der Waals surface area contributed by atoms with Gasteiger partial charge in [-0.2, -0.15) is 4.98 Å². The number of likely N-dealkylation sites (tertiary alicyclic amines) is 1. The fourth-order valence-electron chi connectivity index (χ4n) is 3.29. The fraction of sp³-hybridized carbons (Fsp3) is 0.647. The lowest BCUT2D eigenvalue weighted by atomic mass is 9.96. The number of hydrogen-bond acceptors (Lipinski definition) is 7. The number of piperidine rings is 1. The van der Waals surface area contributed by atoms with Gasteiger partial charge in [0.05, 0.1) is 11.7 Å². The van der Waals surface area contributed by atoms with Crippen LogP contribution in [-0.2, 0) is 4.79 Å². The second-order valence-electron chi connectivity index (χ2n) is 7.10. The predicted molar refractivity (Wildman–Crippen MR) is 89.2 cm³/mol. The summed E-state index contributed by atoms with van der Waals surface area (Å²) in [7, 11) is 0. The van der Waals surface area contributed by atoms with Gasteiger partial charge in [0, 0.05) is 24.4 Å². The van der Waals surface area contributed by atoms with Crippen LogP contribution in [0.2, 0.25) is 0 Å². The smallest absolute Gasteiger partial charge is 0.243 e. The Bertz CT molecular complexity index is 751. The van der Waals surface area contributed by atoms with Crippen LogP contribution in [0.4, 0.5) is 5.88 Å².